The quantitative estimate of drug-likeness (QED) is 0.748. The van der Waals surface area contributed by atoms with Crippen molar-refractivity contribution in [2.24, 2.45) is 12.8 Å². The largest absolute Gasteiger partial charge is 0.366 e. The van der Waals surface area contributed by atoms with Gasteiger partial charge in [-0.3, -0.25) is 14.3 Å². The Morgan fingerprint density at radius 1 is 1.17 bits per heavy atom. The van der Waals surface area contributed by atoms with E-state index >= 15 is 0 Å². The van der Waals surface area contributed by atoms with Crippen LogP contribution < -0.4 is 11.1 Å². The Bertz CT molecular complexity index is 915. The second-order valence-corrected chi connectivity index (χ2v) is 6.75. The van der Waals surface area contributed by atoms with E-state index in [1.165, 1.54) is 23.5 Å². The summed E-state index contributed by atoms with van der Waals surface area (Å²) < 4.78 is 2.26. The Kier molecular flexibility index (Phi) is 4.37. The maximum absolute atomic E-state index is 12.3. The number of nitrogens with zero attached hydrogens (tertiary/aromatic N) is 2. The number of carbonyl (C=O) groups excluding carboxylic acids is 2. The van der Waals surface area contributed by atoms with Gasteiger partial charge in [-0.1, -0.05) is 11.6 Å². The number of benzene rings is 1. The maximum Gasteiger partial charge on any atom is 0.256 e. The molecule has 0 bridgehead atoms. The summed E-state index contributed by atoms with van der Waals surface area (Å²) in [6.45, 7) is 0. The zero-order valence-electron chi connectivity index (χ0n) is 12.6. The first-order chi connectivity index (χ1) is 11.4. The molecule has 3 aromatic rings. The van der Waals surface area contributed by atoms with E-state index in [-0.39, 0.29) is 5.91 Å². The Balaban J connectivity index is 1.79. The molecule has 2 aromatic heterocycles. The summed E-state index contributed by atoms with van der Waals surface area (Å²) >= 11 is 7.35. The number of hydrogen-bond acceptors (Lipinski definition) is 4. The highest BCUT2D eigenvalue weighted by atomic mass is 35.5. The zero-order valence-corrected chi connectivity index (χ0v) is 14.2. The van der Waals surface area contributed by atoms with Crippen molar-refractivity contribution < 1.29 is 9.59 Å². The molecule has 0 saturated heterocycles. The topological polar surface area (TPSA) is 90.0 Å². The Labute approximate surface area is 146 Å². The molecule has 3 N–H and O–H groups in total. The predicted octanol–water partition coefficient (Wildman–Crippen LogP) is 3.15. The minimum atomic E-state index is -0.534. The molecule has 0 radical (unpaired) electrons. The summed E-state index contributed by atoms with van der Waals surface area (Å²) in [5.41, 5.74) is 6.68. The first-order valence-electron chi connectivity index (χ1n) is 6.95. The fourth-order valence-corrected chi connectivity index (χ4v) is 3.13. The highest BCUT2D eigenvalue weighted by Gasteiger charge is 2.13. The van der Waals surface area contributed by atoms with Crippen LogP contribution in [0.25, 0.3) is 10.6 Å². The van der Waals surface area contributed by atoms with Gasteiger partial charge in [0.2, 0.25) is 5.91 Å². The van der Waals surface area contributed by atoms with Crippen LogP contribution in [-0.2, 0) is 7.05 Å². The van der Waals surface area contributed by atoms with Crippen molar-refractivity contribution in [1.29, 1.82) is 0 Å². The number of carbonyl (C=O) groups is 2. The molecule has 0 atom stereocenters. The molecule has 0 aliphatic carbocycles. The zero-order chi connectivity index (χ0) is 17.3. The highest BCUT2D eigenvalue weighted by Crippen LogP contribution is 2.31. The van der Waals surface area contributed by atoms with Crippen LogP contribution in [0.3, 0.4) is 0 Å². The number of halogens is 1. The first-order valence-corrected chi connectivity index (χ1v) is 8.14. The van der Waals surface area contributed by atoms with Gasteiger partial charge in [-0.05, 0) is 36.4 Å². The maximum atomic E-state index is 12.3. The number of thiophene rings is 1. The number of anilines is 1. The van der Waals surface area contributed by atoms with Crippen molar-refractivity contribution >= 4 is 40.6 Å². The molecular formula is C16H13ClN4O2S. The number of rotatable bonds is 4. The molecular weight excluding hydrogens is 348 g/mol. The SMILES string of the molecule is Cn1nc(-c2ccc(Cl)s2)cc1NC(=O)c1ccc(C(N)=O)cc1. The normalized spacial score (nSPS) is 10.6. The summed E-state index contributed by atoms with van der Waals surface area (Å²) in [6, 6.07) is 11.6. The second kappa shape index (κ2) is 6.46. The Morgan fingerprint density at radius 3 is 2.42 bits per heavy atom. The average Bonchev–Trinajstić information content (AvgIpc) is 3.14. The van der Waals surface area contributed by atoms with Gasteiger partial charge in [-0.2, -0.15) is 5.10 Å². The lowest BCUT2D eigenvalue weighted by atomic mass is 10.1. The van der Waals surface area contributed by atoms with Crippen molar-refractivity contribution in [3.05, 3.63) is 57.9 Å². The number of hydrogen-bond donors (Lipinski definition) is 2. The molecule has 24 heavy (non-hydrogen) atoms. The summed E-state index contributed by atoms with van der Waals surface area (Å²) in [4.78, 5) is 24.3. The summed E-state index contributed by atoms with van der Waals surface area (Å²) in [6.07, 6.45) is 0. The van der Waals surface area contributed by atoms with Crippen LogP contribution in [0.4, 0.5) is 5.82 Å². The van der Waals surface area contributed by atoms with E-state index in [1.54, 1.807) is 36.0 Å². The van der Waals surface area contributed by atoms with Gasteiger partial charge in [0.15, 0.2) is 0 Å². The van der Waals surface area contributed by atoms with E-state index < -0.39 is 5.91 Å². The lowest BCUT2D eigenvalue weighted by Gasteiger charge is -2.05. The molecule has 0 spiro atoms. The van der Waals surface area contributed by atoms with Crippen LogP contribution >= 0.6 is 22.9 Å². The number of amides is 2. The lowest BCUT2D eigenvalue weighted by molar-refractivity contribution is 0.0995. The van der Waals surface area contributed by atoms with Gasteiger partial charge in [0.1, 0.15) is 11.5 Å². The monoisotopic (exact) mass is 360 g/mol. The van der Waals surface area contributed by atoms with Gasteiger partial charge in [0, 0.05) is 24.2 Å². The van der Waals surface area contributed by atoms with Crippen LogP contribution in [0.15, 0.2) is 42.5 Å². The standard InChI is InChI=1S/C16H13ClN4O2S/c1-21-14(8-11(20-21)12-6-7-13(17)24-12)19-16(23)10-4-2-9(3-5-10)15(18)22/h2-8H,1H3,(H2,18,22)(H,19,23). The van der Waals surface area contributed by atoms with Crippen LogP contribution in [0, 0.1) is 0 Å². The molecule has 122 valence electrons. The summed E-state index contributed by atoms with van der Waals surface area (Å²) in [7, 11) is 1.74. The van der Waals surface area contributed by atoms with Gasteiger partial charge in [0.05, 0.1) is 9.21 Å². The van der Waals surface area contributed by atoms with Crippen molar-refractivity contribution in [3.8, 4) is 10.6 Å². The molecule has 0 aliphatic heterocycles. The third kappa shape index (κ3) is 3.32. The van der Waals surface area contributed by atoms with E-state index in [2.05, 4.69) is 10.4 Å². The molecule has 3 rings (SSSR count). The van der Waals surface area contributed by atoms with Crippen LogP contribution in [0.5, 0.6) is 0 Å². The molecule has 1 aromatic carbocycles. The van der Waals surface area contributed by atoms with Crippen molar-refractivity contribution in [2.75, 3.05) is 5.32 Å². The number of primary amides is 1. The third-order valence-corrected chi connectivity index (χ3v) is 4.63. The summed E-state index contributed by atoms with van der Waals surface area (Å²) in [5, 5.41) is 7.16. The molecule has 0 fully saturated rings. The van der Waals surface area contributed by atoms with E-state index in [9.17, 15) is 9.59 Å². The molecule has 0 saturated carbocycles. The summed E-state index contributed by atoms with van der Waals surface area (Å²) in [5.74, 6) is -0.281. The van der Waals surface area contributed by atoms with Gasteiger partial charge >= 0.3 is 0 Å². The minimum Gasteiger partial charge on any atom is -0.366 e. The van der Waals surface area contributed by atoms with Crippen molar-refractivity contribution in [2.45, 2.75) is 0 Å². The molecule has 6 nitrogen and oxygen atoms in total. The van der Waals surface area contributed by atoms with E-state index in [1.807, 2.05) is 6.07 Å². The Morgan fingerprint density at radius 2 is 1.83 bits per heavy atom. The third-order valence-electron chi connectivity index (χ3n) is 3.38. The number of aromatic nitrogens is 2. The highest BCUT2D eigenvalue weighted by molar-refractivity contribution is 7.19. The van der Waals surface area contributed by atoms with Gasteiger partial charge < -0.3 is 11.1 Å². The molecule has 0 unspecified atom stereocenters. The smallest absolute Gasteiger partial charge is 0.256 e. The van der Waals surface area contributed by atoms with Crippen molar-refractivity contribution in [1.82, 2.24) is 9.78 Å². The van der Waals surface area contributed by atoms with E-state index in [0.717, 1.165) is 10.6 Å². The second-order valence-electron chi connectivity index (χ2n) is 5.04. The lowest BCUT2D eigenvalue weighted by Crippen LogP contribution is -2.15. The molecule has 2 heterocycles. The number of nitrogens with one attached hydrogen (secondary N) is 1. The van der Waals surface area contributed by atoms with Crippen molar-refractivity contribution in [3.63, 3.8) is 0 Å². The molecule has 0 aliphatic rings. The molecule has 8 heteroatoms. The van der Waals surface area contributed by atoms with E-state index in [0.29, 0.717) is 21.3 Å². The van der Waals surface area contributed by atoms with Gasteiger partial charge in [0.25, 0.3) is 5.91 Å². The van der Waals surface area contributed by atoms with Crippen LogP contribution in [0.2, 0.25) is 4.34 Å². The fraction of sp³-hybridized carbons (Fsp3) is 0.0625. The Hall–Kier alpha value is -2.64. The van der Waals surface area contributed by atoms with Crippen LogP contribution in [0.1, 0.15) is 20.7 Å². The fourth-order valence-electron chi connectivity index (χ4n) is 2.13. The minimum absolute atomic E-state index is 0.301. The van der Waals surface area contributed by atoms with Gasteiger partial charge in [-0.15, -0.1) is 11.3 Å². The average molecular weight is 361 g/mol. The van der Waals surface area contributed by atoms with Gasteiger partial charge in [-0.25, -0.2) is 0 Å². The predicted molar refractivity (Wildman–Crippen MR) is 94.4 cm³/mol. The number of aryl methyl sites for hydroxylation is 1. The van der Waals surface area contributed by atoms with E-state index in [4.69, 9.17) is 17.3 Å². The molecule has 2 amide bonds. The van der Waals surface area contributed by atoms with Crippen LogP contribution in [-0.4, -0.2) is 21.6 Å². The number of nitrogens with two attached hydrogens (primary N) is 1. The first kappa shape index (κ1) is 16.2.